The third kappa shape index (κ3) is 4.55. The fourth-order valence-electron chi connectivity index (χ4n) is 2.76. The molecule has 0 saturated carbocycles. The van der Waals surface area contributed by atoms with E-state index in [1.54, 1.807) is 4.90 Å². The smallest absolute Gasteiger partial charge is 0.236 e. The Morgan fingerprint density at radius 1 is 1.33 bits per heavy atom. The van der Waals surface area contributed by atoms with Crippen LogP contribution < -0.4 is 0 Å². The van der Waals surface area contributed by atoms with Gasteiger partial charge in [0.1, 0.15) is 0 Å². The van der Waals surface area contributed by atoms with E-state index in [1.165, 1.54) is 5.56 Å². The Morgan fingerprint density at radius 2 is 2.00 bits per heavy atom. The Kier molecular flexibility index (Phi) is 5.76. The molecule has 4 heteroatoms. The standard InChI is InChI=1S/C17H26N2O2/c1-3-14-4-6-15(7-5-14)10-18(2)17(21)12-19-9-8-16(11-19)13-20/h4-7,16,20H,3,8-13H2,1-2H3. The van der Waals surface area contributed by atoms with Gasteiger partial charge in [-0.05, 0) is 36.4 Å². The lowest BCUT2D eigenvalue weighted by Gasteiger charge is -2.21. The molecule has 0 aliphatic carbocycles. The van der Waals surface area contributed by atoms with Crippen LogP contribution in [0.15, 0.2) is 24.3 Å². The summed E-state index contributed by atoms with van der Waals surface area (Å²) in [5, 5.41) is 9.14. The molecule has 21 heavy (non-hydrogen) atoms. The Bertz CT molecular complexity index is 458. The van der Waals surface area contributed by atoms with Crippen LogP contribution in [0.4, 0.5) is 0 Å². The molecule has 1 aliphatic heterocycles. The fraction of sp³-hybridized carbons (Fsp3) is 0.588. The summed E-state index contributed by atoms with van der Waals surface area (Å²) in [5.41, 5.74) is 2.48. The van der Waals surface area contributed by atoms with Crippen molar-refractivity contribution in [3.05, 3.63) is 35.4 Å². The van der Waals surface area contributed by atoms with E-state index in [2.05, 4.69) is 36.1 Å². The topological polar surface area (TPSA) is 43.8 Å². The molecule has 2 rings (SSSR count). The number of rotatable bonds is 6. The highest BCUT2D eigenvalue weighted by atomic mass is 16.3. The van der Waals surface area contributed by atoms with Gasteiger partial charge in [0.25, 0.3) is 0 Å². The molecule has 1 aromatic carbocycles. The average Bonchev–Trinajstić information content (AvgIpc) is 2.95. The van der Waals surface area contributed by atoms with Gasteiger partial charge in [-0.3, -0.25) is 9.69 Å². The maximum Gasteiger partial charge on any atom is 0.236 e. The minimum Gasteiger partial charge on any atom is -0.396 e. The van der Waals surface area contributed by atoms with Gasteiger partial charge in [-0.2, -0.15) is 0 Å². The molecule has 1 unspecified atom stereocenters. The van der Waals surface area contributed by atoms with Crippen molar-refractivity contribution in [2.24, 2.45) is 5.92 Å². The molecule has 0 radical (unpaired) electrons. The Balaban J connectivity index is 1.81. The van der Waals surface area contributed by atoms with Crippen LogP contribution in [-0.4, -0.2) is 54.1 Å². The fourth-order valence-corrected chi connectivity index (χ4v) is 2.76. The van der Waals surface area contributed by atoms with E-state index in [9.17, 15) is 4.79 Å². The molecule has 1 amide bonds. The first-order valence-electron chi connectivity index (χ1n) is 7.77. The van der Waals surface area contributed by atoms with Crippen molar-refractivity contribution < 1.29 is 9.90 Å². The molecule has 1 atom stereocenters. The first-order valence-corrected chi connectivity index (χ1v) is 7.77. The average molecular weight is 290 g/mol. The van der Waals surface area contributed by atoms with Gasteiger partial charge < -0.3 is 10.0 Å². The molecular weight excluding hydrogens is 264 g/mol. The number of likely N-dealkylation sites (N-methyl/N-ethyl adjacent to an activating group) is 1. The molecule has 1 aromatic rings. The van der Waals surface area contributed by atoms with E-state index in [-0.39, 0.29) is 12.5 Å². The van der Waals surface area contributed by atoms with Crippen LogP contribution in [0.3, 0.4) is 0 Å². The highest BCUT2D eigenvalue weighted by Crippen LogP contribution is 2.15. The number of amides is 1. The van der Waals surface area contributed by atoms with Crippen molar-refractivity contribution in [3.8, 4) is 0 Å². The second-order valence-electron chi connectivity index (χ2n) is 5.99. The SMILES string of the molecule is CCc1ccc(CN(C)C(=O)CN2CCC(CO)C2)cc1. The van der Waals surface area contributed by atoms with Crippen molar-refractivity contribution in [2.45, 2.75) is 26.3 Å². The number of likely N-dealkylation sites (tertiary alicyclic amines) is 1. The second-order valence-corrected chi connectivity index (χ2v) is 5.99. The quantitative estimate of drug-likeness (QED) is 0.864. The third-order valence-electron chi connectivity index (χ3n) is 4.26. The van der Waals surface area contributed by atoms with Crippen LogP contribution in [0.2, 0.25) is 0 Å². The van der Waals surface area contributed by atoms with E-state index in [0.29, 0.717) is 19.0 Å². The molecule has 4 nitrogen and oxygen atoms in total. The maximum atomic E-state index is 12.2. The maximum absolute atomic E-state index is 12.2. The summed E-state index contributed by atoms with van der Waals surface area (Å²) in [6, 6.07) is 8.44. The molecule has 0 aromatic heterocycles. The summed E-state index contributed by atoms with van der Waals surface area (Å²) in [5.74, 6) is 0.484. The Morgan fingerprint density at radius 3 is 2.57 bits per heavy atom. The Hall–Kier alpha value is -1.39. The van der Waals surface area contributed by atoms with Crippen LogP contribution in [0.25, 0.3) is 0 Å². The normalized spacial score (nSPS) is 18.9. The zero-order valence-electron chi connectivity index (χ0n) is 13.1. The van der Waals surface area contributed by atoms with Crippen molar-refractivity contribution in [1.29, 1.82) is 0 Å². The predicted octanol–water partition coefficient (Wildman–Crippen LogP) is 1.52. The summed E-state index contributed by atoms with van der Waals surface area (Å²) in [4.78, 5) is 16.2. The van der Waals surface area contributed by atoms with Crippen molar-refractivity contribution in [1.82, 2.24) is 9.80 Å². The summed E-state index contributed by atoms with van der Waals surface area (Å²) in [6.45, 7) is 5.22. The van der Waals surface area contributed by atoms with Gasteiger partial charge >= 0.3 is 0 Å². The molecule has 0 bridgehead atoms. The number of hydrogen-bond acceptors (Lipinski definition) is 3. The van der Waals surface area contributed by atoms with Crippen LogP contribution in [-0.2, 0) is 17.8 Å². The van der Waals surface area contributed by atoms with E-state index in [4.69, 9.17) is 5.11 Å². The lowest BCUT2D eigenvalue weighted by molar-refractivity contribution is -0.131. The number of hydrogen-bond donors (Lipinski definition) is 1. The molecule has 0 spiro atoms. The predicted molar refractivity (Wildman–Crippen MR) is 83.9 cm³/mol. The van der Waals surface area contributed by atoms with E-state index in [0.717, 1.165) is 31.5 Å². The van der Waals surface area contributed by atoms with Crippen LogP contribution >= 0.6 is 0 Å². The van der Waals surface area contributed by atoms with Gasteiger partial charge in [-0.1, -0.05) is 31.2 Å². The molecular formula is C17H26N2O2. The molecule has 1 fully saturated rings. The monoisotopic (exact) mass is 290 g/mol. The van der Waals surface area contributed by atoms with Crippen LogP contribution in [0.5, 0.6) is 0 Å². The summed E-state index contributed by atoms with van der Waals surface area (Å²) >= 11 is 0. The summed E-state index contributed by atoms with van der Waals surface area (Å²) in [6.07, 6.45) is 2.03. The highest BCUT2D eigenvalue weighted by molar-refractivity contribution is 5.78. The first-order chi connectivity index (χ1) is 10.1. The van der Waals surface area contributed by atoms with E-state index in [1.807, 2.05) is 7.05 Å². The van der Waals surface area contributed by atoms with Gasteiger partial charge in [-0.25, -0.2) is 0 Å². The first kappa shape index (κ1) is 16.0. The minimum atomic E-state index is 0.146. The third-order valence-corrected chi connectivity index (χ3v) is 4.26. The molecule has 1 aliphatic rings. The van der Waals surface area contributed by atoms with Crippen molar-refractivity contribution in [2.75, 3.05) is 33.3 Å². The summed E-state index contributed by atoms with van der Waals surface area (Å²) in [7, 11) is 1.86. The number of aliphatic hydroxyl groups excluding tert-OH is 1. The summed E-state index contributed by atoms with van der Waals surface area (Å²) < 4.78 is 0. The van der Waals surface area contributed by atoms with Crippen LogP contribution in [0, 0.1) is 5.92 Å². The van der Waals surface area contributed by atoms with Gasteiger partial charge in [-0.15, -0.1) is 0 Å². The van der Waals surface area contributed by atoms with Gasteiger partial charge in [0.05, 0.1) is 6.54 Å². The van der Waals surface area contributed by atoms with Crippen LogP contribution in [0.1, 0.15) is 24.5 Å². The lowest BCUT2D eigenvalue weighted by atomic mass is 10.1. The number of benzene rings is 1. The van der Waals surface area contributed by atoms with E-state index >= 15 is 0 Å². The highest BCUT2D eigenvalue weighted by Gasteiger charge is 2.24. The molecule has 1 saturated heterocycles. The minimum absolute atomic E-state index is 0.146. The number of carbonyl (C=O) groups is 1. The van der Waals surface area contributed by atoms with Crippen molar-refractivity contribution >= 4 is 5.91 Å². The molecule has 1 N–H and O–H groups in total. The molecule has 116 valence electrons. The van der Waals surface area contributed by atoms with Gasteiger partial charge in [0, 0.05) is 26.7 Å². The lowest BCUT2D eigenvalue weighted by Crippen LogP contribution is -2.37. The second kappa shape index (κ2) is 7.57. The number of aliphatic hydroxyl groups is 1. The zero-order chi connectivity index (χ0) is 15.2. The van der Waals surface area contributed by atoms with E-state index < -0.39 is 0 Å². The largest absolute Gasteiger partial charge is 0.396 e. The van der Waals surface area contributed by atoms with Crippen molar-refractivity contribution in [3.63, 3.8) is 0 Å². The molecule has 1 heterocycles. The zero-order valence-corrected chi connectivity index (χ0v) is 13.1. The number of aryl methyl sites for hydroxylation is 1. The van der Waals surface area contributed by atoms with Gasteiger partial charge in [0.2, 0.25) is 5.91 Å². The Labute approximate surface area is 127 Å². The number of carbonyl (C=O) groups excluding carboxylic acids is 1. The van der Waals surface area contributed by atoms with Gasteiger partial charge in [0.15, 0.2) is 0 Å². The number of nitrogens with zero attached hydrogens (tertiary/aromatic N) is 2.